The first-order valence-electron chi connectivity index (χ1n) is 7.94. The van der Waals surface area contributed by atoms with Crippen LogP contribution in [0, 0.1) is 16.0 Å². The van der Waals surface area contributed by atoms with Crippen LogP contribution in [-0.2, 0) is 0 Å². The van der Waals surface area contributed by atoms with Gasteiger partial charge < -0.3 is 11.1 Å². The van der Waals surface area contributed by atoms with Crippen LogP contribution in [0.1, 0.15) is 37.0 Å². The Morgan fingerprint density at radius 1 is 1.57 bits per heavy atom. The number of primary amides is 1. The van der Waals surface area contributed by atoms with Crippen molar-refractivity contribution in [1.82, 2.24) is 4.90 Å². The van der Waals surface area contributed by atoms with E-state index in [4.69, 9.17) is 5.73 Å². The molecule has 1 aromatic carbocycles. The normalized spacial score (nSPS) is 20.0. The lowest BCUT2D eigenvalue weighted by Crippen LogP contribution is -2.43. The molecule has 1 saturated heterocycles. The van der Waals surface area contributed by atoms with Gasteiger partial charge >= 0.3 is 0 Å². The van der Waals surface area contributed by atoms with E-state index in [2.05, 4.69) is 24.1 Å². The van der Waals surface area contributed by atoms with Gasteiger partial charge in [-0.15, -0.1) is 0 Å². The zero-order valence-electron chi connectivity index (χ0n) is 13.6. The number of rotatable bonds is 6. The van der Waals surface area contributed by atoms with Crippen molar-refractivity contribution in [3.63, 3.8) is 0 Å². The van der Waals surface area contributed by atoms with E-state index in [0.29, 0.717) is 18.2 Å². The average Bonchev–Trinajstić information content (AvgIpc) is 2.52. The summed E-state index contributed by atoms with van der Waals surface area (Å²) >= 11 is 0. The van der Waals surface area contributed by atoms with E-state index in [1.165, 1.54) is 25.0 Å². The molecule has 1 aliphatic rings. The molecule has 2 atom stereocenters. The van der Waals surface area contributed by atoms with Gasteiger partial charge in [-0.1, -0.05) is 6.92 Å². The summed E-state index contributed by atoms with van der Waals surface area (Å²) in [5.41, 5.74) is 5.61. The van der Waals surface area contributed by atoms with Crippen molar-refractivity contribution in [2.24, 2.45) is 11.7 Å². The van der Waals surface area contributed by atoms with Crippen LogP contribution in [0.15, 0.2) is 18.2 Å². The van der Waals surface area contributed by atoms with Crippen LogP contribution in [0.4, 0.5) is 11.4 Å². The summed E-state index contributed by atoms with van der Waals surface area (Å²) < 4.78 is 0. The summed E-state index contributed by atoms with van der Waals surface area (Å²) in [4.78, 5) is 24.3. The highest BCUT2D eigenvalue weighted by atomic mass is 16.6. The first-order chi connectivity index (χ1) is 10.9. The highest BCUT2D eigenvalue weighted by molar-refractivity contribution is 5.94. The van der Waals surface area contributed by atoms with Crippen LogP contribution in [0.25, 0.3) is 0 Å². The Labute approximate surface area is 136 Å². The molecule has 1 fully saturated rings. The van der Waals surface area contributed by atoms with Crippen LogP contribution in [0.5, 0.6) is 0 Å². The molecule has 2 unspecified atom stereocenters. The molecule has 0 aliphatic carbocycles. The van der Waals surface area contributed by atoms with E-state index < -0.39 is 10.8 Å². The number of nitrogens with one attached hydrogen (secondary N) is 1. The molecule has 2 rings (SSSR count). The number of nitro groups is 1. The van der Waals surface area contributed by atoms with Crippen LogP contribution in [0.2, 0.25) is 0 Å². The fraction of sp³-hybridized carbons (Fsp3) is 0.562. The van der Waals surface area contributed by atoms with Crippen LogP contribution < -0.4 is 11.1 Å². The second kappa shape index (κ2) is 7.41. The molecule has 0 saturated carbocycles. The maximum absolute atomic E-state index is 11.2. The second-order valence-electron chi connectivity index (χ2n) is 6.33. The number of anilines is 1. The minimum absolute atomic E-state index is 0.125. The Bertz CT molecular complexity index is 591. The maximum Gasteiger partial charge on any atom is 0.293 e. The Morgan fingerprint density at radius 3 is 2.91 bits per heavy atom. The van der Waals surface area contributed by atoms with E-state index in [0.717, 1.165) is 13.1 Å². The third kappa shape index (κ3) is 4.41. The summed E-state index contributed by atoms with van der Waals surface area (Å²) in [6.07, 6.45) is 2.45. The predicted molar refractivity (Wildman–Crippen MR) is 89.5 cm³/mol. The standard InChI is InChI=1S/C16H24N4O3/c1-11-4-3-7-19(10-11)12(2)9-18-14-6-5-13(16(17)21)8-15(14)20(22)23/h5-6,8,11-12,18H,3-4,7,9-10H2,1-2H3,(H2,17,21). The minimum Gasteiger partial charge on any atom is -0.378 e. The largest absolute Gasteiger partial charge is 0.378 e. The van der Waals surface area contributed by atoms with Gasteiger partial charge in [0.2, 0.25) is 5.91 Å². The van der Waals surface area contributed by atoms with Crippen molar-refractivity contribution in [3.8, 4) is 0 Å². The summed E-state index contributed by atoms with van der Waals surface area (Å²) in [5, 5.41) is 14.3. The molecular formula is C16H24N4O3. The molecule has 1 aliphatic heterocycles. The Hall–Kier alpha value is -2.15. The molecule has 0 bridgehead atoms. The minimum atomic E-state index is -0.671. The van der Waals surface area contributed by atoms with Crippen LogP contribution in [-0.4, -0.2) is 41.4 Å². The molecule has 7 heteroatoms. The Kier molecular flexibility index (Phi) is 5.54. The highest BCUT2D eigenvalue weighted by Crippen LogP contribution is 2.26. The zero-order chi connectivity index (χ0) is 17.0. The van der Waals surface area contributed by atoms with Gasteiger partial charge in [0.25, 0.3) is 5.69 Å². The number of carbonyl (C=O) groups is 1. The van der Waals surface area contributed by atoms with Gasteiger partial charge in [0, 0.05) is 30.8 Å². The molecular weight excluding hydrogens is 296 g/mol. The van der Waals surface area contributed by atoms with Gasteiger partial charge in [-0.05, 0) is 44.4 Å². The van der Waals surface area contributed by atoms with Gasteiger partial charge in [0.1, 0.15) is 5.69 Å². The quantitative estimate of drug-likeness (QED) is 0.618. The molecule has 7 nitrogen and oxygen atoms in total. The first kappa shape index (κ1) is 17.2. The number of nitrogens with two attached hydrogens (primary N) is 1. The van der Waals surface area contributed by atoms with Crippen molar-refractivity contribution < 1.29 is 9.72 Å². The second-order valence-corrected chi connectivity index (χ2v) is 6.33. The number of hydrogen-bond acceptors (Lipinski definition) is 5. The number of piperidine rings is 1. The summed E-state index contributed by atoms with van der Waals surface area (Å²) in [7, 11) is 0. The topological polar surface area (TPSA) is 102 Å². The summed E-state index contributed by atoms with van der Waals surface area (Å²) in [5.74, 6) is 0.0192. The predicted octanol–water partition coefficient (Wildman–Crippen LogP) is 2.23. The number of nitrogens with zero attached hydrogens (tertiary/aromatic N) is 2. The van der Waals surface area contributed by atoms with Crippen molar-refractivity contribution in [3.05, 3.63) is 33.9 Å². The lowest BCUT2D eigenvalue weighted by Gasteiger charge is -2.35. The van der Waals surface area contributed by atoms with E-state index in [-0.39, 0.29) is 17.3 Å². The molecule has 0 aromatic heterocycles. The van der Waals surface area contributed by atoms with Crippen LogP contribution in [0.3, 0.4) is 0 Å². The number of benzene rings is 1. The van der Waals surface area contributed by atoms with Gasteiger partial charge in [0.05, 0.1) is 4.92 Å². The molecule has 1 aromatic rings. The molecule has 23 heavy (non-hydrogen) atoms. The van der Waals surface area contributed by atoms with Crippen molar-refractivity contribution in [2.45, 2.75) is 32.7 Å². The molecule has 0 radical (unpaired) electrons. The van der Waals surface area contributed by atoms with Gasteiger partial charge in [-0.25, -0.2) is 0 Å². The number of likely N-dealkylation sites (tertiary alicyclic amines) is 1. The SMILES string of the molecule is CC1CCCN(C(C)CNc2ccc(C(N)=O)cc2[N+](=O)[O-])C1. The molecule has 1 heterocycles. The molecule has 0 spiro atoms. The molecule has 126 valence electrons. The Morgan fingerprint density at radius 2 is 2.30 bits per heavy atom. The zero-order valence-corrected chi connectivity index (χ0v) is 13.6. The Balaban J connectivity index is 2.04. The van der Waals surface area contributed by atoms with Gasteiger partial charge in [-0.2, -0.15) is 0 Å². The number of amides is 1. The fourth-order valence-electron chi connectivity index (χ4n) is 3.00. The molecule has 1 amide bonds. The maximum atomic E-state index is 11.2. The fourth-order valence-corrected chi connectivity index (χ4v) is 3.00. The number of carbonyl (C=O) groups excluding carboxylic acids is 1. The number of hydrogen-bond donors (Lipinski definition) is 2. The lowest BCUT2D eigenvalue weighted by atomic mass is 9.99. The average molecular weight is 320 g/mol. The third-order valence-corrected chi connectivity index (χ3v) is 4.38. The van der Waals surface area contributed by atoms with Gasteiger partial charge in [-0.3, -0.25) is 19.8 Å². The van der Waals surface area contributed by atoms with E-state index in [9.17, 15) is 14.9 Å². The third-order valence-electron chi connectivity index (χ3n) is 4.38. The van der Waals surface area contributed by atoms with E-state index in [1.54, 1.807) is 6.07 Å². The number of nitro benzene ring substituents is 1. The van der Waals surface area contributed by atoms with E-state index >= 15 is 0 Å². The first-order valence-corrected chi connectivity index (χ1v) is 7.94. The smallest absolute Gasteiger partial charge is 0.293 e. The van der Waals surface area contributed by atoms with Crippen molar-refractivity contribution in [1.29, 1.82) is 0 Å². The summed E-state index contributed by atoms with van der Waals surface area (Å²) in [6.45, 7) is 7.11. The van der Waals surface area contributed by atoms with Crippen molar-refractivity contribution in [2.75, 3.05) is 25.0 Å². The van der Waals surface area contributed by atoms with E-state index in [1.807, 2.05) is 0 Å². The van der Waals surface area contributed by atoms with Crippen molar-refractivity contribution >= 4 is 17.3 Å². The van der Waals surface area contributed by atoms with Gasteiger partial charge in [0.15, 0.2) is 0 Å². The highest BCUT2D eigenvalue weighted by Gasteiger charge is 2.22. The lowest BCUT2D eigenvalue weighted by molar-refractivity contribution is -0.384. The summed E-state index contributed by atoms with van der Waals surface area (Å²) in [6, 6.07) is 4.56. The monoisotopic (exact) mass is 320 g/mol. The molecule has 3 N–H and O–H groups in total. The van der Waals surface area contributed by atoms with Crippen LogP contribution >= 0.6 is 0 Å².